The van der Waals surface area contributed by atoms with Crippen molar-refractivity contribution in [2.45, 2.75) is 44.4 Å². The number of carbonyl (C=O) groups excluding carboxylic acids is 4. The molecule has 1 aromatic heterocycles. The second-order valence-electron chi connectivity index (χ2n) is 11.1. The zero-order valence-corrected chi connectivity index (χ0v) is 24.7. The first-order chi connectivity index (χ1) is 20.5. The molecule has 14 heteroatoms. The van der Waals surface area contributed by atoms with Crippen LogP contribution >= 0.6 is 11.6 Å². The van der Waals surface area contributed by atoms with Gasteiger partial charge in [0.05, 0.1) is 17.1 Å². The van der Waals surface area contributed by atoms with Crippen LogP contribution in [0.4, 0.5) is 14.9 Å². The van der Waals surface area contributed by atoms with Crippen molar-refractivity contribution in [3.8, 4) is 0 Å². The predicted octanol–water partition coefficient (Wildman–Crippen LogP) is 2.40. The smallest absolute Gasteiger partial charge is 0.321 e. The standard InChI is InChI=1S/C29H34ClFN8O4/c1-36-11-10-20(14-36)37(2)29(43)34-18-6-9-23-21(12-18)27(28(32)42)35-39(23)16-25(41)38(19-7-8-19)15-24(40)33-13-17-4-3-5-22(30)26(17)31/h3-6,9,12,19-20H,7-8,10-11,13-16H2,1-2H3,(H2,32,42)(H,33,40)(H,34,43)/t20-/m1/s1. The molecule has 2 aromatic carbocycles. The SMILES string of the molecule is CN1CC[C@@H](N(C)C(=O)Nc2ccc3c(c2)c(C(N)=O)nn3CC(=O)N(CC(=O)NCc2cccc(Cl)c2F)C2CC2)C1. The minimum atomic E-state index is -0.780. The average molecular weight is 613 g/mol. The normalized spacial score (nSPS) is 16.7. The Kier molecular flexibility index (Phi) is 8.83. The van der Waals surface area contributed by atoms with Crippen molar-refractivity contribution in [2.75, 3.05) is 39.0 Å². The summed E-state index contributed by atoms with van der Waals surface area (Å²) in [7, 11) is 3.76. The number of rotatable bonds is 10. The summed E-state index contributed by atoms with van der Waals surface area (Å²) in [5, 5.41) is 10.2. The van der Waals surface area contributed by atoms with Gasteiger partial charge in [-0.15, -0.1) is 0 Å². The summed E-state index contributed by atoms with van der Waals surface area (Å²) >= 11 is 5.82. The van der Waals surface area contributed by atoms with Crippen LogP contribution in [0.1, 0.15) is 35.3 Å². The maximum Gasteiger partial charge on any atom is 0.321 e. The highest BCUT2D eigenvalue weighted by atomic mass is 35.5. The third-order valence-corrected chi connectivity index (χ3v) is 8.18. The van der Waals surface area contributed by atoms with Crippen molar-refractivity contribution in [3.63, 3.8) is 0 Å². The molecule has 0 spiro atoms. The number of amides is 5. The molecule has 1 aliphatic carbocycles. The van der Waals surface area contributed by atoms with Crippen molar-refractivity contribution in [1.29, 1.82) is 0 Å². The van der Waals surface area contributed by atoms with E-state index in [2.05, 4.69) is 20.6 Å². The summed E-state index contributed by atoms with van der Waals surface area (Å²) in [6, 6.07) is 9.19. The van der Waals surface area contributed by atoms with Gasteiger partial charge in [0, 0.05) is 48.9 Å². The molecule has 12 nitrogen and oxygen atoms in total. The van der Waals surface area contributed by atoms with Crippen molar-refractivity contribution >= 4 is 51.9 Å². The number of fused-ring (bicyclic) bond motifs is 1. The van der Waals surface area contributed by atoms with Gasteiger partial charge in [-0.25, -0.2) is 9.18 Å². The number of nitrogens with two attached hydrogens (primary N) is 1. The number of carbonyl (C=O) groups is 4. The van der Waals surface area contributed by atoms with Gasteiger partial charge in [-0.05, 0) is 57.1 Å². The first-order valence-corrected chi connectivity index (χ1v) is 14.4. The number of halogens is 2. The molecule has 0 radical (unpaired) electrons. The molecule has 0 unspecified atom stereocenters. The fraction of sp³-hybridized carbons (Fsp3) is 0.414. The maximum atomic E-state index is 14.2. The van der Waals surface area contributed by atoms with Gasteiger partial charge < -0.3 is 31.1 Å². The number of hydrogen-bond acceptors (Lipinski definition) is 6. The Morgan fingerprint density at radius 1 is 1.14 bits per heavy atom. The molecule has 2 fully saturated rings. The lowest BCUT2D eigenvalue weighted by Gasteiger charge is -2.24. The van der Waals surface area contributed by atoms with Crippen molar-refractivity contribution in [3.05, 3.63) is 58.5 Å². The fourth-order valence-electron chi connectivity index (χ4n) is 5.28. The molecule has 4 N–H and O–H groups in total. The Balaban J connectivity index is 1.27. The number of nitrogens with one attached hydrogen (secondary N) is 2. The van der Waals surface area contributed by atoms with E-state index in [0.29, 0.717) is 16.6 Å². The van der Waals surface area contributed by atoms with Gasteiger partial charge in [0.2, 0.25) is 11.8 Å². The van der Waals surface area contributed by atoms with Crippen LogP contribution < -0.4 is 16.4 Å². The maximum absolute atomic E-state index is 14.2. The molecule has 2 aliphatic rings. The molecule has 43 heavy (non-hydrogen) atoms. The van der Waals surface area contributed by atoms with E-state index in [9.17, 15) is 23.6 Å². The Morgan fingerprint density at radius 3 is 2.58 bits per heavy atom. The minimum Gasteiger partial charge on any atom is -0.364 e. The Bertz CT molecular complexity index is 1580. The Hall–Kier alpha value is -4.23. The van der Waals surface area contributed by atoms with E-state index < -0.39 is 17.6 Å². The highest BCUT2D eigenvalue weighted by Crippen LogP contribution is 2.28. The van der Waals surface area contributed by atoms with Crippen LogP contribution in [0.5, 0.6) is 0 Å². The summed E-state index contributed by atoms with van der Waals surface area (Å²) in [6.45, 7) is 1.18. The number of primary amides is 1. The summed E-state index contributed by atoms with van der Waals surface area (Å²) < 4.78 is 15.6. The topological polar surface area (TPSA) is 146 Å². The van der Waals surface area contributed by atoms with E-state index in [4.69, 9.17) is 17.3 Å². The van der Waals surface area contributed by atoms with Crippen LogP contribution in [0, 0.1) is 5.82 Å². The first-order valence-electron chi connectivity index (χ1n) is 14.0. The zero-order valence-electron chi connectivity index (χ0n) is 24.0. The molecular formula is C29H34ClFN8O4. The van der Waals surface area contributed by atoms with Crippen LogP contribution in [-0.2, 0) is 22.7 Å². The van der Waals surface area contributed by atoms with E-state index in [0.717, 1.165) is 32.4 Å². The third kappa shape index (κ3) is 6.89. The molecule has 1 atom stereocenters. The number of nitrogens with zero attached hydrogens (tertiary/aromatic N) is 5. The number of aromatic nitrogens is 2. The van der Waals surface area contributed by atoms with E-state index in [1.165, 1.54) is 21.7 Å². The highest BCUT2D eigenvalue weighted by molar-refractivity contribution is 6.30. The quantitative estimate of drug-likeness (QED) is 0.321. The third-order valence-electron chi connectivity index (χ3n) is 7.88. The molecule has 2 heterocycles. The number of likely N-dealkylation sites (tertiary alicyclic amines) is 1. The van der Waals surface area contributed by atoms with Gasteiger partial charge in [0.1, 0.15) is 12.4 Å². The van der Waals surface area contributed by atoms with Crippen LogP contribution in [0.2, 0.25) is 5.02 Å². The van der Waals surface area contributed by atoms with E-state index >= 15 is 0 Å². The molecule has 5 rings (SSSR count). The van der Waals surface area contributed by atoms with Gasteiger partial charge in [0.15, 0.2) is 5.69 Å². The molecule has 3 aromatic rings. The van der Waals surface area contributed by atoms with E-state index in [1.807, 2.05) is 7.05 Å². The molecule has 1 saturated carbocycles. The molecule has 1 saturated heterocycles. The monoisotopic (exact) mass is 612 g/mol. The highest BCUT2D eigenvalue weighted by Gasteiger charge is 2.34. The second kappa shape index (κ2) is 12.6. The van der Waals surface area contributed by atoms with Crippen LogP contribution in [-0.4, -0.2) is 94.0 Å². The van der Waals surface area contributed by atoms with Gasteiger partial charge in [-0.2, -0.15) is 5.10 Å². The number of benzene rings is 2. The summed E-state index contributed by atoms with van der Waals surface area (Å²) in [6.07, 6.45) is 2.39. The summed E-state index contributed by atoms with van der Waals surface area (Å²) in [4.78, 5) is 56.5. The lowest BCUT2D eigenvalue weighted by atomic mass is 10.1. The van der Waals surface area contributed by atoms with Crippen LogP contribution in [0.15, 0.2) is 36.4 Å². The lowest BCUT2D eigenvalue weighted by Crippen LogP contribution is -2.43. The Labute approximate surface area is 252 Å². The molecule has 5 amide bonds. The van der Waals surface area contributed by atoms with E-state index in [1.54, 1.807) is 36.2 Å². The Morgan fingerprint density at radius 2 is 1.91 bits per heavy atom. The van der Waals surface area contributed by atoms with Gasteiger partial charge in [-0.3, -0.25) is 19.1 Å². The van der Waals surface area contributed by atoms with Crippen LogP contribution in [0.3, 0.4) is 0 Å². The van der Waals surface area contributed by atoms with E-state index in [-0.39, 0.29) is 59.9 Å². The zero-order chi connectivity index (χ0) is 30.8. The first kappa shape index (κ1) is 30.2. The fourth-order valence-corrected chi connectivity index (χ4v) is 5.47. The van der Waals surface area contributed by atoms with Crippen molar-refractivity contribution < 1.29 is 23.6 Å². The predicted molar refractivity (Wildman–Crippen MR) is 159 cm³/mol. The number of likely N-dealkylation sites (N-methyl/N-ethyl adjacent to an activating group) is 2. The van der Waals surface area contributed by atoms with Crippen LogP contribution in [0.25, 0.3) is 10.9 Å². The number of urea groups is 1. The van der Waals surface area contributed by atoms with Crippen molar-refractivity contribution in [2.24, 2.45) is 5.73 Å². The minimum absolute atomic E-state index is 0.0380. The largest absolute Gasteiger partial charge is 0.364 e. The van der Waals surface area contributed by atoms with Gasteiger partial charge in [-0.1, -0.05) is 23.7 Å². The summed E-state index contributed by atoms with van der Waals surface area (Å²) in [5.74, 6) is -2.20. The van der Waals surface area contributed by atoms with Crippen molar-refractivity contribution in [1.82, 2.24) is 29.8 Å². The molecule has 1 aliphatic heterocycles. The van der Waals surface area contributed by atoms with Gasteiger partial charge in [0.25, 0.3) is 5.91 Å². The second-order valence-corrected chi connectivity index (χ2v) is 11.5. The number of hydrogen-bond donors (Lipinski definition) is 3. The number of anilines is 1. The lowest BCUT2D eigenvalue weighted by molar-refractivity contribution is -0.137. The average Bonchev–Trinajstić information content (AvgIpc) is 3.62. The molecule has 228 valence electrons. The summed E-state index contributed by atoms with van der Waals surface area (Å²) in [5.41, 5.74) is 6.73. The molecular weight excluding hydrogens is 579 g/mol. The molecule has 0 bridgehead atoms. The van der Waals surface area contributed by atoms with Gasteiger partial charge >= 0.3 is 6.03 Å².